The van der Waals surface area contributed by atoms with E-state index >= 15 is 0 Å². The molecule has 0 unspecified atom stereocenters. The van der Waals surface area contributed by atoms with Crippen molar-refractivity contribution >= 4 is 29.3 Å². The van der Waals surface area contributed by atoms with E-state index in [9.17, 15) is 9.90 Å². The molecule has 4 nitrogen and oxygen atoms in total. The lowest BCUT2D eigenvalue weighted by Gasteiger charge is -2.06. The van der Waals surface area contributed by atoms with Crippen LogP contribution in [0.2, 0.25) is 5.02 Å². The van der Waals surface area contributed by atoms with Crippen LogP contribution in [0, 0.1) is 13.8 Å². The molecule has 23 heavy (non-hydrogen) atoms. The van der Waals surface area contributed by atoms with Gasteiger partial charge in [-0.1, -0.05) is 11.6 Å². The summed E-state index contributed by atoms with van der Waals surface area (Å²) in [6, 6.07) is 7.53. The van der Waals surface area contributed by atoms with Crippen LogP contribution < -0.4 is 0 Å². The Labute approximate surface area is 145 Å². The quantitative estimate of drug-likeness (QED) is 0.462. The number of H-pyrrole nitrogens is 1. The molecule has 0 radical (unpaired) electrons. The fraction of sp³-hybridized carbons (Fsp3) is 0.353. The third-order valence-electron chi connectivity index (χ3n) is 3.52. The number of aromatic nitrogens is 1. The smallest absolute Gasteiger partial charge is 0.355 e. The first-order valence-corrected chi connectivity index (χ1v) is 8.69. The van der Waals surface area contributed by atoms with E-state index < -0.39 is 12.1 Å². The van der Waals surface area contributed by atoms with Gasteiger partial charge in [0.15, 0.2) is 0 Å². The highest BCUT2D eigenvalue weighted by molar-refractivity contribution is 7.99. The molecule has 0 aliphatic heterocycles. The molecule has 0 bridgehead atoms. The maximum Gasteiger partial charge on any atom is 0.355 e. The number of hydrogen-bond donors (Lipinski definition) is 2. The number of aromatic amines is 1. The average molecular weight is 354 g/mol. The first kappa shape index (κ1) is 17.9. The van der Waals surface area contributed by atoms with Gasteiger partial charge in [0.1, 0.15) is 12.3 Å². The summed E-state index contributed by atoms with van der Waals surface area (Å²) in [6.45, 7) is 5.64. The standard InChI is InChI=1S/C17H20ClNO3S/c1-10-15(12(3)20)11(2)19-16(10)17(21)22-8-9-23-14-6-4-13(18)5-7-14/h4-7,12,19-20H,8-9H2,1-3H3/t12-/m1/s1. The number of benzene rings is 1. The molecular formula is C17H20ClNO3S. The minimum atomic E-state index is -0.617. The lowest BCUT2D eigenvalue weighted by atomic mass is 10.1. The Hall–Kier alpha value is -1.43. The largest absolute Gasteiger partial charge is 0.460 e. The van der Waals surface area contributed by atoms with Crippen LogP contribution in [0.1, 0.15) is 40.3 Å². The molecule has 1 aromatic heterocycles. The lowest BCUT2D eigenvalue weighted by molar-refractivity contribution is 0.0523. The molecule has 1 aromatic carbocycles. The minimum absolute atomic E-state index is 0.313. The number of ether oxygens (including phenoxy) is 1. The number of hydrogen-bond acceptors (Lipinski definition) is 4. The molecule has 1 heterocycles. The zero-order valence-electron chi connectivity index (χ0n) is 13.4. The van der Waals surface area contributed by atoms with Gasteiger partial charge in [-0.15, -0.1) is 11.8 Å². The Morgan fingerprint density at radius 2 is 2.00 bits per heavy atom. The summed E-state index contributed by atoms with van der Waals surface area (Å²) in [5.74, 6) is 0.268. The second kappa shape index (κ2) is 7.90. The monoisotopic (exact) mass is 353 g/mol. The van der Waals surface area contributed by atoms with Crippen LogP contribution in [0.15, 0.2) is 29.2 Å². The maximum absolute atomic E-state index is 12.1. The van der Waals surface area contributed by atoms with Crippen LogP contribution in [0.3, 0.4) is 0 Å². The Kier molecular flexibility index (Phi) is 6.16. The first-order chi connectivity index (χ1) is 10.9. The van der Waals surface area contributed by atoms with Crippen molar-refractivity contribution in [2.75, 3.05) is 12.4 Å². The Bertz CT molecular complexity index is 680. The van der Waals surface area contributed by atoms with Gasteiger partial charge in [-0.05, 0) is 50.6 Å². The van der Waals surface area contributed by atoms with Gasteiger partial charge in [0.05, 0.1) is 6.10 Å². The number of thioether (sulfide) groups is 1. The molecule has 0 aliphatic carbocycles. The zero-order chi connectivity index (χ0) is 17.0. The molecule has 0 aliphatic rings. The van der Waals surface area contributed by atoms with Crippen LogP contribution in [-0.2, 0) is 4.74 Å². The van der Waals surface area contributed by atoms with Crippen molar-refractivity contribution in [2.24, 2.45) is 0 Å². The zero-order valence-corrected chi connectivity index (χ0v) is 14.9. The molecule has 6 heteroatoms. The summed E-state index contributed by atoms with van der Waals surface area (Å²) in [5, 5.41) is 10.5. The number of carbonyl (C=O) groups is 1. The second-order valence-corrected chi connectivity index (χ2v) is 6.88. The van der Waals surface area contributed by atoms with Crippen molar-refractivity contribution in [3.63, 3.8) is 0 Å². The van der Waals surface area contributed by atoms with Crippen LogP contribution in [-0.4, -0.2) is 28.4 Å². The molecule has 2 N–H and O–H groups in total. The summed E-state index contributed by atoms with van der Waals surface area (Å²) in [5.41, 5.74) is 2.70. The predicted molar refractivity (Wildman–Crippen MR) is 93.4 cm³/mol. The molecule has 0 saturated heterocycles. The number of nitrogens with one attached hydrogen (secondary N) is 1. The maximum atomic E-state index is 12.1. The normalized spacial score (nSPS) is 12.2. The molecule has 0 saturated carbocycles. The van der Waals surface area contributed by atoms with Gasteiger partial charge in [-0.25, -0.2) is 4.79 Å². The lowest BCUT2D eigenvalue weighted by Crippen LogP contribution is -2.10. The Morgan fingerprint density at radius 3 is 2.57 bits per heavy atom. The second-order valence-electron chi connectivity index (χ2n) is 5.28. The van der Waals surface area contributed by atoms with Crippen molar-refractivity contribution in [1.82, 2.24) is 4.98 Å². The molecule has 2 aromatic rings. The molecule has 2 rings (SSSR count). The van der Waals surface area contributed by atoms with Gasteiger partial charge in [0.2, 0.25) is 0 Å². The highest BCUT2D eigenvalue weighted by Crippen LogP contribution is 2.25. The Morgan fingerprint density at radius 1 is 1.35 bits per heavy atom. The summed E-state index contributed by atoms with van der Waals surface area (Å²) in [7, 11) is 0. The number of aliphatic hydroxyl groups excluding tert-OH is 1. The topological polar surface area (TPSA) is 62.3 Å². The van der Waals surface area contributed by atoms with E-state index in [2.05, 4.69) is 4.98 Å². The van der Waals surface area contributed by atoms with E-state index in [0.29, 0.717) is 23.1 Å². The van der Waals surface area contributed by atoms with Crippen molar-refractivity contribution in [1.29, 1.82) is 0 Å². The number of aryl methyl sites for hydroxylation is 1. The minimum Gasteiger partial charge on any atom is -0.460 e. The van der Waals surface area contributed by atoms with E-state index in [1.807, 2.05) is 38.1 Å². The van der Waals surface area contributed by atoms with Crippen molar-refractivity contribution in [3.8, 4) is 0 Å². The number of aliphatic hydroxyl groups is 1. The van der Waals surface area contributed by atoms with Crippen LogP contribution >= 0.6 is 23.4 Å². The van der Waals surface area contributed by atoms with E-state index in [1.54, 1.807) is 18.7 Å². The van der Waals surface area contributed by atoms with E-state index in [-0.39, 0.29) is 0 Å². The molecule has 1 atom stereocenters. The predicted octanol–water partition coefficient (Wildman–Crippen LogP) is 4.29. The van der Waals surface area contributed by atoms with Gasteiger partial charge >= 0.3 is 5.97 Å². The number of esters is 1. The number of halogens is 1. The van der Waals surface area contributed by atoms with Crippen LogP contribution in [0.25, 0.3) is 0 Å². The summed E-state index contributed by atoms with van der Waals surface area (Å²) in [6.07, 6.45) is -0.617. The molecule has 0 amide bonds. The molecule has 0 spiro atoms. The summed E-state index contributed by atoms with van der Waals surface area (Å²) >= 11 is 7.43. The van der Waals surface area contributed by atoms with Crippen molar-refractivity contribution < 1.29 is 14.6 Å². The van der Waals surface area contributed by atoms with Gasteiger partial charge < -0.3 is 14.8 Å². The molecule has 0 fully saturated rings. The van der Waals surface area contributed by atoms with E-state index in [0.717, 1.165) is 21.7 Å². The highest BCUT2D eigenvalue weighted by Gasteiger charge is 2.20. The number of carbonyl (C=O) groups excluding carboxylic acids is 1. The summed E-state index contributed by atoms with van der Waals surface area (Å²) in [4.78, 5) is 16.2. The van der Waals surface area contributed by atoms with Crippen molar-refractivity contribution in [3.05, 3.63) is 51.8 Å². The molecular weight excluding hydrogens is 334 g/mol. The van der Waals surface area contributed by atoms with E-state index in [4.69, 9.17) is 16.3 Å². The SMILES string of the molecule is Cc1[nH]c(C(=O)OCCSc2ccc(Cl)cc2)c(C)c1[C@@H](C)O. The van der Waals surface area contributed by atoms with Gasteiger partial charge in [-0.3, -0.25) is 0 Å². The number of rotatable bonds is 6. The van der Waals surface area contributed by atoms with Gasteiger partial charge in [-0.2, -0.15) is 0 Å². The first-order valence-electron chi connectivity index (χ1n) is 7.32. The third kappa shape index (κ3) is 4.53. The van der Waals surface area contributed by atoms with E-state index in [1.165, 1.54) is 0 Å². The van der Waals surface area contributed by atoms with Crippen molar-refractivity contribution in [2.45, 2.75) is 31.8 Å². The Balaban J connectivity index is 1.88. The van der Waals surface area contributed by atoms with Crippen LogP contribution in [0.5, 0.6) is 0 Å². The van der Waals surface area contributed by atoms with Gasteiger partial charge in [0, 0.05) is 26.9 Å². The third-order valence-corrected chi connectivity index (χ3v) is 4.74. The highest BCUT2D eigenvalue weighted by atomic mass is 35.5. The summed E-state index contributed by atoms with van der Waals surface area (Å²) < 4.78 is 5.30. The van der Waals surface area contributed by atoms with Gasteiger partial charge in [0.25, 0.3) is 0 Å². The average Bonchev–Trinajstić information content (AvgIpc) is 2.80. The van der Waals surface area contributed by atoms with Crippen LogP contribution in [0.4, 0.5) is 0 Å². The molecule has 124 valence electrons. The fourth-order valence-electron chi connectivity index (χ4n) is 2.49. The fourth-order valence-corrected chi connectivity index (χ4v) is 3.35.